The van der Waals surface area contributed by atoms with Gasteiger partial charge in [-0.2, -0.15) is 13.2 Å². The van der Waals surface area contributed by atoms with Crippen LogP contribution in [0.5, 0.6) is 0 Å². The van der Waals surface area contributed by atoms with Crippen molar-refractivity contribution in [2.24, 2.45) is 0 Å². The molecule has 0 N–H and O–H groups in total. The molecule has 0 atom stereocenters. The Morgan fingerprint density at radius 2 is 1.72 bits per heavy atom. The first-order chi connectivity index (χ1) is 8.32. The van der Waals surface area contributed by atoms with Gasteiger partial charge in [-0.25, -0.2) is 0 Å². The van der Waals surface area contributed by atoms with Gasteiger partial charge in [-0.3, -0.25) is 9.59 Å². The standard InChI is InChI=1S/C12H11F3O3/c1-18-11(17)7-10(16)6-8-2-4-9(5-3-8)12(13,14)15/h2-5H,6-7H2,1H3. The van der Waals surface area contributed by atoms with Crippen molar-refractivity contribution in [2.75, 3.05) is 7.11 Å². The molecule has 0 radical (unpaired) electrons. The second-order valence-electron chi connectivity index (χ2n) is 3.66. The van der Waals surface area contributed by atoms with Gasteiger partial charge in [0.25, 0.3) is 0 Å². The largest absolute Gasteiger partial charge is 0.469 e. The third-order valence-corrected chi connectivity index (χ3v) is 2.25. The molecule has 0 spiro atoms. The topological polar surface area (TPSA) is 43.4 Å². The minimum Gasteiger partial charge on any atom is -0.469 e. The molecule has 0 bridgehead atoms. The fourth-order valence-corrected chi connectivity index (χ4v) is 1.33. The zero-order valence-corrected chi connectivity index (χ0v) is 9.58. The molecule has 0 unspecified atom stereocenters. The van der Waals surface area contributed by atoms with E-state index in [1.807, 2.05) is 0 Å². The smallest absolute Gasteiger partial charge is 0.416 e. The molecule has 0 aliphatic carbocycles. The van der Waals surface area contributed by atoms with Crippen molar-refractivity contribution < 1.29 is 27.5 Å². The lowest BCUT2D eigenvalue weighted by atomic mass is 10.1. The van der Waals surface area contributed by atoms with Crippen molar-refractivity contribution in [3.8, 4) is 0 Å². The van der Waals surface area contributed by atoms with E-state index in [1.54, 1.807) is 0 Å². The second-order valence-corrected chi connectivity index (χ2v) is 3.66. The summed E-state index contributed by atoms with van der Waals surface area (Å²) in [6.45, 7) is 0. The summed E-state index contributed by atoms with van der Waals surface area (Å²) in [7, 11) is 1.16. The minimum atomic E-state index is -4.39. The maximum absolute atomic E-state index is 12.3. The van der Waals surface area contributed by atoms with Crippen LogP contribution < -0.4 is 0 Å². The molecule has 1 rings (SSSR count). The lowest BCUT2D eigenvalue weighted by molar-refractivity contribution is -0.143. The van der Waals surface area contributed by atoms with Gasteiger partial charge in [0.1, 0.15) is 12.2 Å². The normalized spacial score (nSPS) is 11.1. The van der Waals surface area contributed by atoms with Crippen LogP contribution >= 0.6 is 0 Å². The molecule has 0 aliphatic heterocycles. The van der Waals surface area contributed by atoms with Gasteiger partial charge in [0.05, 0.1) is 12.7 Å². The summed E-state index contributed by atoms with van der Waals surface area (Å²) in [5.41, 5.74) is -0.344. The summed E-state index contributed by atoms with van der Waals surface area (Å²) in [6, 6.07) is 4.25. The van der Waals surface area contributed by atoms with Gasteiger partial charge in [0.2, 0.25) is 0 Å². The highest BCUT2D eigenvalue weighted by molar-refractivity contribution is 5.96. The number of hydrogen-bond acceptors (Lipinski definition) is 3. The van der Waals surface area contributed by atoms with Crippen LogP contribution in [0.3, 0.4) is 0 Å². The van der Waals surface area contributed by atoms with E-state index in [9.17, 15) is 22.8 Å². The number of methoxy groups -OCH3 is 1. The van der Waals surface area contributed by atoms with Crippen molar-refractivity contribution in [2.45, 2.75) is 19.0 Å². The molecule has 0 heterocycles. The van der Waals surface area contributed by atoms with Gasteiger partial charge in [-0.15, -0.1) is 0 Å². The van der Waals surface area contributed by atoms with E-state index in [4.69, 9.17) is 0 Å². The Kier molecular flexibility index (Phi) is 4.47. The maximum Gasteiger partial charge on any atom is 0.416 e. The number of Topliss-reactive ketones (excluding diaryl/α,β-unsaturated/α-hetero) is 1. The highest BCUT2D eigenvalue weighted by atomic mass is 19.4. The lowest BCUT2D eigenvalue weighted by Gasteiger charge is -2.07. The molecule has 0 saturated heterocycles. The van der Waals surface area contributed by atoms with Crippen molar-refractivity contribution in [3.63, 3.8) is 0 Å². The first-order valence-electron chi connectivity index (χ1n) is 5.07. The third-order valence-electron chi connectivity index (χ3n) is 2.25. The second kappa shape index (κ2) is 5.66. The van der Waals surface area contributed by atoms with Crippen LogP contribution in [0.15, 0.2) is 24.3 Å². The van der Waals surface area contributed by atoms with E-state index in [2.05, 4.69) is 4.74 Å². The van der Waals surface area contributed by atoms with E-state index in [0.29, 0.717) is 5.56 Å². The van der Waals surface area contributed by atoms with Crippen molar-refractivity contribution in [3.05, 3.63) is 35.4 Å². The Labute approximate surface area is 102 Å². The zero-order chi connectivity index (χ0) is 13.8. The molecule has 0 fully saturated rings. The first kappa shape index (κ1) is 14.2. The Balaban J connectivity index is 2.64. The molecule has 98 valence electrons. The third kappa shape index (κ3) is 4.20. The zero-order valence-electron chi connectivity index (χ0n) is 9.58. The summed E-state index contributed by atoms with van der Waals surface area (Å²) in [4.78, 5) is 22.1. The fourth-order valence-electron chi connectivity index (χ4n) is 1.33. The fraction of sp³-hybridized carbons (Fsp3) is 0.333. The lowest BCUT2D eigenvalue weighted by Crippen LogP contribution is -2.11. The number of esters is 1. The molecule has 0 amide bonds. The Morgan fingerprint density at radius 3 is 2.17 bits per heavy atom. The number of carbonyl (C=O) groups excluding carboxylic acids is 2. The van der Waals surface area contributed by atoms with E-state index in [-0.39, 0.29) is 12.8 Å². The Morgan fingerprint density at radius 1 is 1.17 bits per heavy atom. The molecule has 18 heavy (non-hydrogen) atoms. The van der Waals surface area contributed by atoms with Gasteiger partial charge in [-0.1, -0.05) is 12.1 Å². The van der Waals surface area contributed by atoms with E-state index < -0.39 is 23.5 Å². The van der Waals surface area contributed by atoms with Crippen LogP contribution in [-0.2, 0) is 26.9 Å². The molecule has 0 aromatic heterocycles. The Hall–Kier alpha value is -1.85. The summed E-state index contributed by atoms with van der Waals surface area (Å²) < 4.78 is 41.1. The van der Waals surface area contributed by atoms with Crippen LogP contribution in [0.25, 0.3) is 0 Å². The molecule has 3 nitrogen and oxygen atoms in total. The Bertz CT molecular complexity index is 435. The summed E-state index contributed by atoms with van der Waals surface area (Å²) in [6.07, 6.45) is -4.86. The molecular formula is C12H11F3O3. The van der Waals surface area contributed by atoms with Crippen molar-refractivity contribution in [1.29, 1.82) is 0 Å². The summed E-state index contributed by atoms with van der Waals surface area (Å²) in [5.74, 6) is -1.06. The monoisotopic (exact) mass is 260 g/mol. The molecule has 1 aromatic rings. The van der Waals surface area contributed by atoms with E-state index in [0.717, 1.165) is 19.2 Å². The number of halogens is 3. The van der Waals surface area contributed by atoms with Crippen LogP contribution in [0.2, 0.25) is 0 Å². The van der Waals surface area contributed by atoms with Gasteiger partial charge < -0.3 is 4.74 Å². The molecule has 6 heteroatoms. The number of alkyl halides is 3. The van der Waals surface area contributed by atoms with Crippen molar-refractivity contribution in [1.82, 2.24) is 0 Å². The molecule has 0 aliphatic rings. The quantitative estimate of drug-likeness (QED) is 0.616. The number of ether oxygens (including phenoxy) is 1. The summed E-state index contributed by atoms with van der Waals surface area (Å²) in [5, 5.41) is 0. The van der Waals surface area contributed by atoms with Crippen LogP contribution in [0.1, 0.15) is 17.5 Å². The van der Waals surface area contributed by atoms with E-state index >= 15 is 0 Å². The van der Waals surface area contributed by atoms with Crippen LogP contribution in [0.4, 0.5) is 13.2 Å². The molecule has 0 saturated carbocycles. The SMILES string of the molecule is COC(=O)CC(=O)Cc1ccc(C(F)(F)F)cc1. The van der Waals surface area contributed by atoms with Gasteiger partial charge in [0.15, 0.2) is 0 Å². The first-order valence-corrected chi connectivity index (χ1v) is 5.07. The maximum atomic E-state index is 12.3. The minimum absolute atomic E-state index is 0.0900. The van der Waals surface area contributed by atoms with Crippen molar-refractivity contribution >= 4 is 11.8 Å². The average molecular weight is 260 g/mol. The predicted octanol–water partition coefficient (Wildman–Crippen LogP) is 2.38. The molecular weight excluding hydrogens is 249 g/mol. The van der Waals surface area contributed by atoms with Gasteiger partial charge in [0, 0.05) is 6.42 Å². The van der Waals surface area contributed by atoms with Crippen LogP contribution in [-0.4, -0.2) is 18.9 Å². The number of benzene rings is 1. The van der Waals surface area contributed by atoms with Gasteiger partial charge in [-0.05, 0) is 17.7 Å². The number of ketones is 1. The van der Waals surface area contributed by atoms with E-state index in [1.165, 1.54) is 12.1 Å². The summed E-state index contributed by atoms with van der Waals surface area (Å²) >= 11 is 0. The number of carbonyl (C=O) groups is 2. The predicted molar refractivity (Wildman–Crippen MR) is 56.8 cm³/mol. The molecule has 1 aromatic carbocycles. The highest BCUT2D eigenvalue weighted by Gasteiger charge is 2.29. The highest BCUT2D eigenvalue weighted by Crippen LogP contribution is 2.29. The number of rotatable bonds is 4. The van der Waals surface area contributed by atoms with Gasteiger partial charge >= 0.3 is 12.1 Å². The average Bonchev–Trinajstić information content (AvgIpc) is 2.28. The van der Waals surface area contributed by atoms with Crippen LogP contribution in [0, 0.1) is 0 Å². The number of hydrogen-bond donors (Lipinski definition) is 0.